The Bertz CT molecular complexity index is 420. The van der Waals surface area contributed by atoms with Crippen LogP contribution in [0.2, 0.25) is 0 Å². The summed E-state index contributed by atoms with van der Waals surface area (Å²) in [6.07, 6.45) is 3.52. The van der Waals surface area contributed by atoms with E-state index in [9.17, 15) is 5.11 Å². The Labute approximate surface area is 114 Å². The predicted octanol–water partition coefficient (Wildman–Crippen LogP) is 4.28. The summed E-state index contributed by atoms with van der Waals surface area (Å²) in [7, 11) is 0. The molecule has 0 bridgehead atoms. The normalized spacial score (nSPS) is 19.1. The van der Waals surface area contributed by atoms with Gasteiger partial charge in [0, 0.05) is 10.6 Å². The van der Waals surface area contributed by atoms with Gasteiger partial charge < -0.3 is 5.11 Å². The maximum Gasteiger partial charge on any atom is 0.0644 e. The smallest absolute Gasteiger partial charge is 0.0644 e. The molecule has 1 aromatic carbocycles. The summed E-state index contributed by atoms with van der Waals surface area (Å²) in [6.45, 7) is 4.85. The van der Waals surface area contributed by atoms with Crippen LogP contribution in [0.3, 0.4) is 0 Å². The second-order valence-corrected chi connectivity index (χ2v) is 6.63. The van der Waals surface area contributed by atoms with E-state index in [0.29, 0.717) is 0 Å². The van der Waals surface area contributed by atoms with Gasteiger partial charge in [-0.3, -0.25) is 0 Å². The van der Waals surface area contributed by atoms with Gasteiger partial charge in [0.1, 0.15) is 0 Å². The molecule has 0 saturated heterocycles. The Morgan fingerprint density at radius 1 is 1.22 bits per heavy atom. The Kier molecular flexibility index (Phi) is 4.52. The number of thioether (sulfide) groups is 1. The number of hydrogen-bond donors (Lipinski definition) is 1. The first-order chi connectivity index (χ1) is 8.63. The molecule has 1 aliphatic carbocycles. The van der Waals surface area contributed by atoms with Crippen molar-refractivity contribution in [1.82, 2.24) is 0 Å². The topological polar surface area (TPSA) is 20.2 Å². The second kappa shape index (κ2) is 5.94. The summed E-state index contributed by atoms with van der Waals surface area (Å²) >= 11 is 1.88. The second-order valence-electron chi connectivity index (χ2n) is 5.58. The fraction of sp³-hybridized carbons (Fsp3) is 0.500. The summed E-state index contributed by atoms with van der Waals surface area (Å²) in [4.78, 5) is 1.31. The van der Waals surface area contributed by atoms with Crippen LogP contribution in [0.5, 0.6) is 0 Å². The average molecular weight is 262 g/mol. The maximum atomic E-state index is 9.52. The van der Waals surface area contributed by atoms with Gasteiger partial charge in [-0.25, -0.2) is 0 Å². The molecule has 0 saturated carbocycles. The Morgan fingerprint density at radius 3 is 2.61 bits per heavy atom. The molecule has 0 radical (unpaired) electrons. The van der Waals surface area contributed by atoms with Gasteiger partial charge >= 0.3 is 0 Å². The highest BCUT2D eigenvalue weighted by Gasteiger charge is 2.29. The van der Waals surface area contributed by atoms with Gasteiger partial charge in [-0.15, -0.1) is 11.8 Å². The van der Waals surface area contributed by atoms with Crippen LogP contribution < -0.4 is 0 Å². The van der Waals surface area contributed by atoms with Gasteiger partial charge in [0.25, 0.3) is 0 Å². The van der Waals surface area contributed by atoms with Crippen LogP contribution >= 0.6 is 11.8 Å². The zero-order valence-electron chi connectivity index (χ0n) is 11.3. The molecule has 0 amide bonds. The van der Waals surface area contributed by atoms with E-state index >= 15 is 0 Å². The predicted molar refractivity (Wildman–Crippen MR) is 78.9 cm³/mol. The molecule has 0 unspecified atom stereocenters. The van der Waals surface area contributed by atoms with Crippen molar-refractivity contribution in [3.05, 3.63) is 41.5 Å². The van der Waals surface area contributed by atoms with E-state index in [0.717, 1.165) is 12.2 Å². The molecule has 0 aromatic heterocycles. The minimum Gasteiger partial charge on any atom is -0.392 e. The third-order valence-electron chi connectivity index (χ3n) is 3.84. The van der Waals surface area contributed by atoms with Crippen molar-refractivity contribution in [2.24, 2.45) is 5.41 Å². The Hall–Kier alpha value is -0.730. The average Bonchev–Trinajstić information content (AvgIpc) is 2.37. The van der Waals surface area contributed by atoms with E-state index in [1.165, 1.54) is 28.9 Å². The molecule has 0 atom stereocenters. The fourth-order valence-corrected chi connectivity index (χ4v) is 3.92. The van der Waals surface area contributed by atoms with Crippen molar-refractivity contribution in [2.45, 2.75) is 38.0 Å². The zero-order valence-corrected chi connectivity index (χ0v) is 12.1. The number of hydrogen-bond acceptors (Lipinski definition) is 2. The maximum absolute atomic E-state index is 9.52. The summed E-state index contributed by atoms with van der Waals surface area (Å²) in [6, 6.07) is 10.5. The van der Waals surface area contributed by atoms with E-state index in [2.05, 4.69) is 38.1 Å². The third-order valence-corrected chi connectivity index (χ3v) is 4.88. The fourth-order valence-electron chi connectivity index (χ4n) is 2.67. The summed E-state index contributed by atoms with van der Waals surface area (Å²) in [5.74, 6) is 1.01. The lowest BCUT2D eigenvalue weighted by Gasteiger charge is -2.35. The standard InChI is InChI=1S/C16H22OS/c1-16(2)10-6-7-13(11-17)15(16)12-18-14-8-4-3-5-9-14/h3-5,8-9,17H,6-7,10-12H2,1-2H3. The van der Waals surface area contributed by atoms with Crippen LogP contribution in [-0.4, -0.2) is 17.5 Å². The summed E-state index contributed by atoms with van der Waals surface area (Å²) < 4.78 is 0. The van der Waals surface area contributed by atoms with Crippen molar-refractivity contribution in [1.29, 1.82) is 0 Å². The number of rotatable bonds is 4. The first kappa shape index (κ1) is 13.7. The van der Waals surface area contributed by atoms with Crippen LogP contribution in [0.4, 0.5) is 0 Å². The highest BCUT2D eigenvalue weighted by molar-refractivity contribution is 7.99. The van der Waals surface area contributed by atoms with Crippen molar-refractivity contribution in [3.63, 3.8) is 0 Å². The quantitative estimate of drug-likeness (QED) is 0.645. The SMILES string of the molecule is CC1(C)CCCC(CO)=C1CSc1ccccc1. The number of aliphatic hydroxyl groups excluding tert-OH is 1. The van der Waals surface area contributed by atoms with Crippen LogP contribution in [0, 0.1) is 5.41 Å². The van der Waals surface area contributed by atoms with Crippen LogP contribution in [-0.2, 0) is 0 Å². The van der Waals surface area contributed by atoms with E-state index in [1.807, 2.05) is 17.8 Å². The first-order valence-electron chi connectivity index (χ1n) is 6.63. The largest absolute Gasteiger partial charge is 0.392 e. The van der Waals surface area contributed by atoms with Gasteiger partial charge in [0.05, 0.1) is 6.61 Å². The molecular weight excluding hydrogens is 240 g/mol. The molecule has 2 rings (SSSR count). The summed E-state index contributed by atoms with van der Waals surface area (Å²) in [5.41, 5.74) is 2.98. The molecule has 1 nitrogen and oxygen atoms in total. The number of aliphatic hydroxyl groups is 1. The van der Waals surface area contributed by atoms with Crippen molar-refractivity contribution < 1.29 is 5.11 Å². The van der Waals surface area contributed by atoms with Crippen LogP contribution in [0.25, 0.3) is 0 Å². The van der Waals surface area contributed by atoms with Crippen LogP contribution in [0.1, 0.15) is 33.1 Å². The van der Waals surface area contributed by atoms with Gasteiger partial charge in [-0.1, -0.05) is 37.6 Å². The molecule has 0 fully saturated rings. The molecular formula is C16H22OS. The first-order valence-corrected chi connectivity index (χ1v) is 7.62. The van der Waals surface area contributed by atoms with Crippen molar-refractivity contribution in [3.8, 4) is 0 Å². The van der Waals surface area contributed by atoms with Gasteiger partial charge in [0.2, 0.25) is 0 Å². The van der Waals surface area contributed by atoms with Crippen molar-refractivity contribution in [2.75, 3.05) is 12.4 Å². The molecule has 0 aliphatic heterocycles. The van der Waals surface area contributed by atoms with Crippen molar-refractivity contribution >= 4 is 11.8 Å². The van der Waals surface area contributed by atoms with E-state index in [-0.39, 0.29) is 12.0 Å². The number of benzene rings is 1. The molecule has 98 valence electrons. The molecule has 18 heavy (non-hydrogen) atoms. The molecule has 1 N–H and O–H groups in total. The molecule has 0 heterocycles. The van der Waals surface area contributed by atoms with Gasteiger partial charge in [-0.2, -0.15) is 0 Å². The van der Waals surface area contributed by atoms with Gasteiger partial charge in [0.15, 0.2) is 0 Å². The van der Waals surface area contributed by atoms with E-state index in [4.69, 9.17) is 0 Å². The Balaban J connectivity index is 2.12. The van der Waals surface area contributed by atoms with E-state index < -0.39 is 0 Å². The molecule has 0 spiro atoms. The summed E-state index contributed by atoms with van der Waals surface area (Å²) in [5, 5.41) is 9.52. The minimum absolute atomic E-state index is 0.230. The lowest BCUT2D eigenvalue weighted by Crippen LogP contribution is -2.23. The third kappa shape index (κ3) is 3.18. The van der Waals surface area contributed by atoms with E-state index in [1.54, 1.807) is 0 Å². The zero-order chi connectivity index (χ0) is 13.0. The molecule has 1 aliphatic rings. The Morgan fingerprint density at radius 2 is 1.94 bits per heavy atom. The lowest BCUT2D eigenvalue weighted by atomic mass is 9.73. The highest BCUT2D eigenvalue weighted by Crippen LogP contribution is 2.42. The lowest BCUT2D eigenvalue weighted by molar-refractivity contribution is 0.296. The molecule has 1 aromatic rings. The highest BCUT2D eigenvalue weighted by atomic mass is 32.2. The van der Waals surface area contributed by atoms with Crippen LogP contribution in [0.15, 0.2) is 46.4 Å². The van der Waals surface area contributed by atoms with Gasteiger partial charge in [-0.05, 0) is 42.4 Å². The monoisotopic (exact) mass is 262 g/mol. The minimum atomic E-state index is 0.230. The molecule has 2 heteroatoms.